The minimum absolute atomic E-state index is 0.0869. The van der Waals surface area contributed by atoms with Gasteiger partial charge in [-0.1, -0.05) is 38.0 Å². The lowest BCUT2D eigenvalue weighted by Gasteiger charge is -2.03. The first kappa shape index (κ1) is 15.4. The van der Waals surface area contributed by atoms with E-state index in [-0.39, 0.29) is 5.91 Å². The second-order valence-electron chi connectivity index (χ2n) is 4.60. The molecule has 0 atom stereocenters. The molecule has 0 radical (unpaired) electrons. The zero-order chi connectivity index (χ0) is 13.8. The Labute approximate surface area is 116 Å². The van der Waals surface area contributed by atoms with E-state index >= 15 is 0 Å². The Balaban J connectivity index is 2.05. The molecular formula is C16H24N2O. The van der Waals surface area contributed by atoms with Crippen LogP contribution >= 0.6 is 0 Å². The molecule has 1 aromatic heterocycles. The molecule has 0 unspecified atom stereocenters. The number of carbonyl (C=O) groups excluding carboxylic acids is 1. The molecule has 0 fully saturated rings. The summed E-state index contributed by atoms with van der Waals surface area (Å²) < 4.78 is 0. The van der Waals surface area contributed by atoms with Crippen LogP contribution in [-0.4, -0.2) is 10.9 Å². The van der Waals surface area contributed by atoms with Crippen molar-refractivity contribution in [2.45, 2.75) is 52.0 Å². The fourth-order valence-corrected chi connectivity index (χ4v) is 1.74. The third-order valence-corrected chi connectivity index (χ3v) is 2.87. The summed E-state index contributed by atoms with van der Waals surface area (Å²) in [7, 11) is 0. The van der Waals surface area contributed by atoms with Gasteiger partial charge in [0.2, 0.25) is 5.91 Å². The smallest absolute Gasteiger partial charge is 0.220 e. The zero-order valence-electron chi connectivity index (χ0n) is 11.8. The molecule has 1 heterocycles. The summed E-state index contributed by atoms with van der Waals surface area (Å²) in [5.74, 6) is 0.0869. The number of rotatable bonds is 9. The van der Waals surface area contributed by atoms with Gasteiger partial charge in [0.1, 0.15) is 0 Å². The number of amides is 1. The van der Waals surface area contributed by atoms with Gasteiger partial charge in [0, 0.05) is 12.6 Å². The standard InChI is InChI=1S/C16H24N2O/c1-2-3-4-5-6-7-8-12-16(19)18-14-15-11-9-10-13-17-15/h6-7,9-11,13H,2-5,8,12,14H2,1H3,(H,18,19)/b7-6-. The molecule has 0 saturated heterocycles. The molecule has 0 aliphatic carbocycles. The summed E-state index contributed by atoms with van der Waals surface area (Å²) >= 11 is 0. The van der Waals surface area contributed by atoms with E-state index in [4.69, 9.17) is 0 Å². The number of aromatic nitrogens is 1. The quantitative estimate of drug-likeness (QED) is 0.544. The summed E-state index contributed by atoms with van der Waals surface area (Å²) in [6, 6.07) is 5.70. The van der Waals surface area contributed by atoms with Crippen molar-refractivity contribution in [3.8, 4) is 0 Å². The first-order chi connectivity index (χ1) is 9.33. The normalized spacial score (nSPS) is 10.8. The third-order valence-electron chi connectivity index (χ3n) is 2.87. The zero-order valence-corrected chi connectivity index (χ0v) is 11.8. The van der Waals surface area contributed by atoms with Crippen LogP contribution in [0.25, 0.3) is 0 Å². The number of hydrogen-bond acceptors (Lipinski definition) is 2. The lowest BCUT2D eigenvalue weighted by molar-refractivity contribution is -0.121. The highest BCUT2D eigenvalue weighted by atomic mass is 16.1. The van der Waals surface area contributed by atoms with Crippen molar-refractivity contribution < 1.29 is 4.79 Å². The van der Waals surface area contributed by atoms with Crippen LogP contribution in [0.1, 0.15) is 51.1 Å². The summed E-state index contributed by atoms with van der Waals surface area (Å²) in [5, 5.41) is 2.87. The van der Waals surface area contributed by atoms with E-state index in [2.05, 4.69) is 29.4 Å². The highest BCUT2D eigenvalue weighted by molar-refractivity contribution is 5.75. The average molecular weight is 260 g/mol. The van der Waals surface area contributed by atoms with Crippen molar-refractivity contribution in [2.75, 3.05) is 0 Å². The Bertz CT molecular complexity index is 374. The Morgan fingerprint density at radius 2 is 2.11 bits per heavy atom. The Morgan fingerprint density at radius 1 is 1.26 bits per heavy atom. The average Bonchev–Trinajstić information content (AvgIpc) is 2.45. The molecule has 1 N–H and O–H groups in total. The van der Waals surface area contributed by atoms with Crippen molar-refractivity contribution in [2.24, 2.45) is 0 Å². The van der Waals surface area contributed by atoms with Crippen LogP contribution < -0.4 is 5.32 Å². The van der Waals surface area contributed by atoms with Gasteiger partial charge in [-0.25, -0.2) is 0 Å². The predicted molar refractivity (Wildman–Crippen MR) is 78.6 cm³/mol. The molecule has 1 rings (SSSR count). The van der Waals surface area contributed by atoms with Crippen molar-refractivity contribution >= 4 is 5.91 Å². The molecule has 0 aliphatic heterocycles. The van der Waals surface area contributed by atoms with Gasteiger partial charge >= 0.3 is 0 Å². The monoisotopic (exact) mass is 260 g/mol. The summed E-state index contributed by atoms with van der Waals surface area (Å²) in [6.07, 6.45) is 12.3. The molecule has 1 amide bonds. The van der Waals surface area contributed by atoms with Crippen molar-refractivity contribution in [3.63, 3.8) is 0 Å². The van der Waals surface area contributed by atoms with E-state index in [1.165, 1.54) is 19.3 Å². The highest BCUT2D eigenvalue weighted by Gasteiger charge is 1.99. The molecule has 0 spiro atoms. The molecule has 0 saturated carbocycles. The van der Waals surface area contributed by atoms with Gasteiger partial charge in [-0.2, -0.15) is 0 Å². The molecule has 1 aromatic rings. The van der Waals surface area contributed by atoms with E-state index in [9.17, 15) is 4.79 Å². The number of nitrogens with zero attached hydrogens (tertiary/aromatic N) is 1. The molecule has 0 aromatic carbocycles. The first-order valence-corrected chi connectivity index (χ1v) is 7.14. The molecular weight excluding hydrogens is 236 g/mol. The molecule has 0 aliphatic rings. The fourth-order valence-electron chi connectivity index (χ4n) is 1.74. The second kappa shape index (κ2) is 10.3. The van der Waals surface area contributed by atoms with E-state index in [1.807, 2.05) is 18.2 Å². The number of unbranched alkanes of at least 4 members (excludes halogenated alkanes) is 3. The fraction of sp³-hybridized carbons (Fsp3) is 0.500. The van der Waals surface area contributed by atoms with Gasteiger partial charge in [-0.3, -0.25) is 9.78 Å². The minimum Gasteiger partial charge on any atom is -0.350 e. The number of hydrogen-bond donors (Lipinski definition) is 1. The van der Waals surface area contributed by atoms with Crippen LogP contribution in [0.5, 0.6) is 0 Å². The van der Waals surface area contributed by atoms with Gasteiger partial charge in [-0.15, -0.1) is 0 Å². The topological polar surface area (TPSA) is 42.0 Å². The largest absolute Gasteiger partial charge is 0.350 e. The van der Waals surface area contributed by atoms with Gasteiger partial charge < -0.3 is 5.32 Å². The number of nitrogens with one attached hydrogen (secondary N) is 1. The SMILES string of the molecule is CCCCC/C=C\CCC(=O)NCc1ccccn1. The Kier molecular flexibility index (Phi) is 8.36. The second-order valence-corrected chi connectivity index (χ2v) is 4.60. The first-order valence-electron chi connectivity index (χ1n) is 7.14. The van der Waals surface area contributed by atoms with Gasteiger partial charge in [-0.05, 0) is 31.4 Å². The van der Waals surface area contributed by atoms with Crippen LogP contribution in [-0.2, 0) is 11.3 Å². The maximum Gasteiger partial charge on any atom is 0.220 e. The Hall–Kier alpha value is -1.64. The number of carbonyl (C=O) groups is 1. The van der Waals surface area contributed by atoms with Crippen LogP contribution in [0.3, 0.4) is 0 Å². The summed E-state index contributed by atoms with van der Waals surface area (Å²) in [5.41, 5.74) is 0.894. The van der Waals surface area contributed by atoms with Crippen LogP contribution in [0.15, 0.2) is 36.5 Å². The van der Waals surface area contributed by atoms with E-state index < -0.39 is 0 Å². The summed E-state index contributed by atoms with van der Waals surface area (Å²) in [6.45, 7) is 2.72. The van der Waals surface area contributed by atoms with Gasteiger partial charge in [0.25, 0.3) is 0 Å². The van der Waals surface area contributed by atoms with E-state index in [0.717, 1.165) is 18.5 Å². The van der Waals surface area contributed by atoms with Gasteiger partial charge in [0.15, 0.2) is 0 Å². The molecule has 3 heteroatoms. The highest BCUT2D eigenvalue weighted by Crippen LogP contribution is 2.01. The molecule has 104 valence electrons. The molecule has 0 bridgehead atoms. The molecule has 19 heavy (non-hydrogen) atoms. The predicted octanol–water partition coefficient (Wildman–Crippen LogP) is 3.61. The number of pyridine rings is 1. The Morgan fingerprint density at radius 3 is 2.84 bits per heavy atom. The van der Waals surface area contributed by atoms with Crippen molar-refractivity contribution in [3.05, 3.63) is 42.2 Å². The van der Waals surface area contributed by atoms with Crippen LogP contribution in [0, 0.1) is 0 Å². The lowest BCUT2D eigenvalue weighted by atomic mass is 10.2. The minimum atomic E-state index is 0.0869. The summed E-state index contributed by atoms with van der Waals surface area (Å²) in [4.78, 5) is 15.7. The maximum atomic E-state index is 11.6. The lowest BCUT2D eigenvalue weighted by Crippen LogP contribution is -2.22. The van der Waals surface area contributed by atoms with E-state index in [0.29, 0.717) is 13.0 Å². The van der Waals surface area contributed by atoms with Crippen LogP contribution in [0.2, 0.25) is 0 Å². The van der Waals surface area contributed by atoms with E-state index in [1.54, 1.807) is 6.20 Å². The third kappa shape index (κ3) is 8.14. The number of allylic oxidation sites excluding steroid dienone is 2. The van der Waals surface area contributed by atoms with Crippen molar-refractivity contribution in [1.29, 1.82) is 0 Å². The maximum absolute atomic E-state index is 11.6. The van der Waals surface area contributed by atoms with Crippen LogP contribution in [0.4, 0.5) is 0 Å². The van der Waals surface area contributed by atoms with Gasteiger partial charge in [0.05, 0.1) is 12.2 Å². The van der Waals surface area contributed by atoms with Crippen molar-refractivity contribution in [1.82, 2.24) is 10.3 Å². The molecule has 3 nitrogen and oxygen atoms in total.